The number of alkyl halides is 1. The van der Waals surface area contributed by atoms with Crippen molar-refractivity contribution in [1.82, 2.24) is 4.98 Å². The Balaban J connectivity index is 2.38. The predicted molar refractivity (Wildman–Crippen MR) is 96.9 cm³/mol. The lowest BCUT2D eigenvalue weighted by Crippen LogP contribution is -2.05. The third kappa shape index (κ3) is 4.55. The maximum atomic E-state index is 14.9. The molecule has 0 saturated heterocycles. The van der Waals surface area contributed by atoms with Crippen molar-refractivity contribution in [3.63, 3.8) is 0 Å². The first-order chi connectivity index (χ1) is 12.4. The van der Waals surface area contributed by atoms with Crippen LogP contribution in [0.25, 0.3) is 10.9 Å². The summed E-state index contributed by atoms with van der Waals surface area (Å²) >= 11 is 0. The molecule has 0 N–H and O–H groups in total. The summed E-state index contributed by atoms with van der Waals surface area (Å²) in [7, 11) is -3.97. The van der Waals surface area contributed by atoms with Crippen molar-refractivity contribution in [2.24, 2.45) is 0 Å². The van der Waals surface area contributed by atoms with Crippen LogP contribution in [0.2, 0.25) is 0 Å². The zero-order valence-electron chi connectivity index (χ0n) is 14.7. The Morgan fingerprint density at radius 1 is 1.31 bits per heavy atom. The van der Waals surface area contributed by atoms with Gasteiger partial charge in [-0.25, -0.2) is 9.18 Å². The zero-order chi connectivity index (χ0) is 19.2. The van der Waals surface area contributed by atoms with Gasteiger partial charge in [0.2, 0.25) is 5.91 Å². The highest BCUT2D eigenvalue weighted by Gasteiger charge is 2.37. The van der Waals surface area contributed by atoms with Gasteiger partial charge in [-0.3, -0.25) is 9.55 Å². The number of fused-ring (bicyclic) bond motifs is 1. The number of halogens is 1. The molecule has 0 saturated carbocycles. The molecule has 0 radical (unpaired) electrons. The van der Waals surface area contributed by atoms with Crippen molar-refractivity contribution < 1.29 is 27.5 Å². The molecule has 0 aliphatic heterocycles. The van der Waals surface area contributed by atoms with Crippen LogP contribution in [0.4, 0.5) is 4.39 Å². The molecule has 2 rings (SSSR count). The van der Waals surface area contributed by atoms with Crippen LogP contribution < -0.4 is 0 Å². The molecule has 0 amide bonds. The van der Waals surface area contributed by atoms with Crippen LogP contribution in [0.1, 0.15) is 35.7 Å². The molecule has 0 bridgehead atoms. The number of pyridine rings is 1. The number of esters is 1. The Kier molecular flexibility index (Phi) is 7.03. The normalized spacial score (nSPS) is 12.7. The first-order valence-electron chi connectivity index (χ1n) is 8.15. The Morgan fingerprint density at radius 2 is 2.00 bits per heavy atom. The van der Waals surface area contributed by atoms with Crippen molar-refractivity contribution >= 4 is 24.5 Å². The molecular weight excluding hydrogens is 360 g/mol. The van der Waals surface area contributed by atoms with E-state index in [0.717, 1.165) is 0 Å². The number of ether oxygens (including phenoxy) is 1. The van der Waals surface area contributed by atoms with Gasteiger partial charge in [0, 0.05) is 17.1 Å². The van der Waals surface area contributed by atoms with Crippen LogP contribution in [0.3, 0.4) is 0 Å². The van der Waals surface area contributed by atoms with Crippen molar-refractivity contribution in [1.29, 1.82) is 0 Å². The molecule has 0 aliphatic rings. The third-order valence-electron chi connectivity index (χ3n) is 3.44. The van der Waals surface area contributed by atoms with Gasteiger partial charge in [-0.05, 0) is 38.1 Å². The second kappa shape index (κ2) is 9.03. The van der Waals surface area contributed by atoms with E-state index in [0.29, 0.717) is 16.5 Å². The summed E-state index contributed by atoms with van der Waals surface area (Å²) in [5.74, 6) is -2.50. The summed E-state index contributed by atoms with van der Waals surface area (Å²) in [5.41, 5.74) is 0.912. The minimum atomic E-state index is -3.97. The molecule has 0 fully saturated rings. The number of hydrogen-bond acceptors (Lipinski definition) is 6. The van der Waals surface area contributed by atoms with E-state index >= 15 is 0 Å². The van der Waals surface area contributed by atoms with Crippen LogP contribution in [-0.2, 0) is 18.3 Å². The summed E-state index contributed by atoms with van der Waals surface area (Å²) < 4.78 is 42.6. The van der Waals surface area contributed by atoms with Gasteiger partial charge in [-0.2, -0.15) is 0 Å². The Hall–Kier alpha value is -2.08. The predicted octanol–water partition coefficient (Wildman–Crippen LogP) is 4.81. The van der Waals surface area contributed by atoms with Crippen LogP contribution >= 0.6 is 7.60 Å². The van der Waals surface area contributed by atoms with Gasteiger partial charge in [0.1, 0.15) is 6.61 Å². The fourth-order valence-corrected chi connectivity index (χ4v) is 3.90. The van der Waals surface area contributed by atoms with Crippen molar-refractivity contribution in [3.8, 4) is 0 Å². The lowest BCUT2D eigenvalue weighted by Gasteiger charge is -2.20. The molecule has 8 heteroatoms. The monoisotopic (exact) mass is 381 g/mol. The van der Waals surface area contributed by atoms with Gasteiger partial charge < -0.3 is 13.8 Å². The van der Waals surface area contributed by atoms with E-state index in [1.165, 1.54) is 24.4 Å². The molecule has 0 spiro atoms. The fraction of sp³-hybridized carbons (Fsp3) is 0.333. The van der Waals surface area contributed by atoms with E-state index in [1.807, 2.05) is 0 Å². The summed E-state index contributed by atoms with van der Waals surface area (Å²) in [5, 5.41) is 0.512. The Labute approximate surface area is 151 Å². The highest BCUT2D eigenvalue weighted by molar-refractivity contribution is 7.54. The number of carbonyl (C=O) groups is 1. The maximum Gasteiger partial charge on any atom is 0.369 e. The molecule has 2 aromatic rings. The van der Waals surface area contributed by atoms with Gasteiger partial charge in [0.15, 0.2) is 0 Å². The van der Waals surface area contributed by atoms with E-state index < -0.39 is 19.5 Å². The Bertz CT molecular complexity index is 831. The number of carbonyl (C=O) groups excluding carboxylic acids is 1. The number of rotatable bonds is 9. The summed E-state index contributed by atoms with van der Waals surface area (Å²) in [6, 6.07) is 6.21. The molecule has 1 atom stereocenters. The summed E-state index contributed by atoms with van der Waals surface area (Å²) in [6.07, 6.45) is 2.75. The molecular formula is C18H21FNO5P. The van der Waals surface area contributed by atoms with E-state index in [4.69, 9.17) is 13.8 Å². The molecule has 1 unspecified atom stereocenters. The van der Waals surface area contributed by atoms with Crippen LogP contribution in [0.15, 0.2) is 43.1 Å². The molecule has 26 heavy (non-hydrogen) atoms. The van der Waals surface area contributed by atoms with Gasteiger partial charge in [-0.1, -0.05) is 12.7 Å². The summed E-state index contributed by atoms with van der Waals surface area (Å²) in [6.45, 7) is 6.90. The average Bonchev–Trinajstić information content (AvgIpc) is 2.65. The van der Waals surface area contributed by atoms with Crippen LogP contribution in [0.5, 0.6) is 0 Å². The maximum absolute atomic E-state index is 14.9. The molecule has 1 heterocycles. The van der Waals surface area contributed by atoms with Crippen LogP contribution in [0, 0.1) is 0 Å². The van der Waals surface area contributed by atoms with Gasteiger partial charge in [0.05, 0.1) is 24.3 Å². The Morgan fingerprint density at radius 3 is 2.62 bits per heavy atom. The minimum absolute atomic E-state index is 0.0536. The fourth-order valence-electron chi connectivity index (χ4n) is 2.33. The van der Waals surface area contributed by atoms with Gasteiger partial charge in [0.25, 0.3) is 0 Å². The standard InChI is InChI=1S/C18H21FNO5P/c1-4-9-23-18(21)13-7-8-16-14(10-13)11-15(12-20-16)17(19)26(22,24-5-2)25-6-3/h4,7-8,10-12,17H,1,5-6,9H2,2-3H3. The summed E-state index contributed by atoms with van der Waals surface area (Å²) in [4.78, 5) is 16.1. The smallest absolute Gasteiger partial charge is 0.369 e. The molecule has 1 aromatic heterocycles. The number of aromatic nitrogens is 1. The second-order valence-electron chi connectivity index (χ2n) is 5.27. The number of benzene rings is 1. The van der Waals surface area contributed by atoms with Crippen molar-refractivity contribution in [3.05, 3.63) is 54.2 Å². The van der Waals surface area contributed by atoms with E-state index in [9.17, 15) is 13.8 Å². The molecule has 1 aromatic carbocycles. The largest absolute Gasteiger partial charge is 0.458 e. The van der Waals surface area contributed by atoms with E-state index in [2.05, 4.69) is 11.6 Å². The van der Waals surface area contributed by atoms with E-state index in [1.54, 1.807) is 26.0 Å². The average molecular weight is 381 g/mol. The van der Waals surface area contributed by atoms with E-state index in [-0.39, 0.29) is 25.4 Å². The third-order valence-corrected chi connectivity index (χ3v) is 5.53. The van der Waals surface area contributed by atoms with Crippen molar-refractivity contribution in [2.45, 2.75) is 19.8 Å². The SMILES string of the molecule is C=CCOC(=O)c1ccc2ncc(C(F)P(=O)(OCC)OCC)cc2c1. The topological polar surface area (TPSA) is 74.7 Å². The minimum Gasteiger partial charge on any atom is -0.458 e. The lowest BCUT2D eigenvalue weighted by molar-refractivity contribution is 0.0550. The first-order valence-corrected chi connectivity index (χ1v) is 9.77. The van der Waals surface area contributed by atoms with Gasteiger partial charge >= 0.3 is 13.6 Å². The molecule has 0 aliphatic carbocycles. The number of hydrogen-bond donors (Lipinski definition) is 0. The number of nitrogens with zero attached hydrogens (tertiary/aromatic N) is 1. The molecule has 140 valence electrons. The lowest BCUT2D eigenvalue weighted by atomic mass is 10.1. The van der Waals surface area contributed by atoms with Gasteiger partial charge in [-0.15, -0.1) is 0 Å². The first kappa shape index (κ1) is 20.2. The zero-order valence-corrected chi connectivity index (χ0v) is 15.6. The molecule has 6 nitrogen and oxygen atoms in total. The van der Waals surface area contributed by atoms with Crippen molar-refractivity contribution in [2.75, 3.05) is 19.8 Å². The second-order valence-corrected chi connectivity index (χ2v) is 7.32. The quantitative estimate of drug-likeness (QED) is 0.352. The highest BCUT2D eigenvalue weighted by Crippen LogP contribution is 2.61. The van der Waals surface area contributed by atoms with Crippen LogP contribution in [-0.4, -0.2) is 30.8 Å². The highest BCUT2D eigenvalue weighted by atomic mass is 31.2.